The van der Waals surface area contributed by atoms with Crippen LogP contribution in [-0.2, 0) is 19.7 Å². The zero-order valence-electron chi connectivity index (χ0n) is 23.0. The number of methoxy groups -OCH3 is 1. The number of unbranched alkanes of at least 4 members (excludes halogenated alkanes) is 1. The van der Waals surface area contributed by atoms with Crippen molar-refractivity contribution in [2.45, 2.75) is 38.5 Å². The van der Waals surface area contributed by atoms with E-state index in [1.165, 1.54) is 27.8 Å². The predicted octanol–water partition coefficient (Wildman–Crippen LogP) is 5.64. The van der Waals surface area contributed by atoms with Gasteiger partial charge in [0.15, 0.2) is 6.73 Å². The lowest BCUT2D eigenvalue weighted by Gasteiger charge is -2.38. The summed E-state index contributed by atoms with van der Waals surface area (Å²) in [4.78, 5) is 30.9. The van der Waals surface area contributed by atoms with Crippen molar-refractivity contribution in [3.63, 3.8) is 0 Å². The van der Waals surface area contributed by atoms with Crippen LogP contribution in [0.3, 0.4) is 0 Å². The maximum atomic E-state index is 12.8. The van der Waals surface area contributed by atoms with E-state index in [1.807, 2.05) is 32.0 Å². The normalized spacial score (nSPS) is 17.3. The molecule has 0 N–H and O–H groups in total. The van der Waals surface area contributed by atoms with Gasteiger partial charge in [0.05, 0.1) is 19.4 Å². The third kappa shape index (κ3) is 6.15. The molecule has 1 amide bonds. The molecular weight excluding hydrogens is 514 g/mol. The lowest BCUT2D eigenvalue weighted by atomic mass is 9.77. The maximum Gasteiger partial charge on any atom is 0.509 e. The van der Waals surface area contributed by atoms with Crippen LogP contribution in [0.25, 0.3) is 10.1 Å². The molecule has 8 nitrogen and oxygen atoms in total. The van der Waals surface area contributed by atoms with E-state index in [1.54, 1.807) is 11.3 Å². The lowest BCUT2D eigenvalue weighted by Crippen LogP contribution is -2.46. The Balaban J connectivity index is 1.09. The van der Waals surface area contributed by atoms with Gasteiger partial charge in [-0.1, -0.05) is 26.0 Å². The topological polar surface area (TPSA) is 71.5 Å². The van der Waals surface area contributed by atoms with Gasteiger partial charge in [0.2, 0.25) is 5.91 Å². The van der Waals surface area contributed by atoms with Gasteiger partial charge in [0.25, 0.3) is 0 Å². The Hall–Kier alpha value is -3.30. The van der Waals surface area contributed by atoms with Crippen LogP contribution in [0.2, 0.25) is 0 Å². The number of piperazine rings is 1. The van der Waals surface area contributed by atoms with Gasteiger partial charge in [-0.25, -0.2) is 4.79 Å². The third-order valence-corrected chi connectivity index (χ3v) is 8.57. The average molecular weight is 552 g/mol. The highest BCUT2D eigenvalue weighted by Crippen LogP contribution is 2.42. The molecule has 5 rings (SSSR count). The van der Waals surface area contributed by atoms with E-state index in [0.29, 0.717) is 24.5 Å². The van der Waals surface area contributed by atoms with Crippen molar-refractivity contribution in [2.24, 2.45) is 0 Å². The molecule has 0 bridgehead atoms. The number of hydrogen-bond donors (Lipinski definition) is 0. The Kier molecular flexibility index (Phi) is 8.28. The summed E-state index contributed by atoms with van der Waals surface area (Å²) in [5, 5.41) is 3.54. The van der Waals surface area contributed by atoms with Gasteiger partial charge in [0.1, 0.15) is 5.75 Å². The van der Waals surface area contributed by atoms with E-state index in [0.717, 1.165) is 51.1 Å². The molecule has 208 valence electrons. The van der Waals surface area contributed by atoms with E-state index in [2.05, 4.69) is 44.2 Å². The van der Waals surface area contributed by atoms with E-state index < -0.39 is 6.16 Å². The summed E-state index contributed by atoms with van der Waals surface area (Å²) in [6.45, 7) is 9.81. The quantitative estimate of drug-likeness (QED) is 0.252. The van der Waals surface area contributed by atoms with Crippen LogP contribution in [0.15, 0.2) is 47.8 Å². The number of benzene rings is 2. The summed E-state index contributed by atoms with van der Waals surface area (Å²) in [5.41, 5.74) is 2.78. The van der Waals surface area contributed by atoms with Crippen molar-refractivity contribution in [3.8, 4) is 5.75 Å². The van der Waals surface area contributed by atoms with Crippen molar-refractivity contribution in [1.82, 2.24) is 4.90 Å². The average Bonchev–Trinajstić information content (AvgIpc) is 3.42. The molecule has 0 spiro atoms. The molecule has 0 aliphatic carbocycles. The molecule has 39 heavy (non-hydrogen) atoms. The van der Waals surface area contributed by atoms with Gasteiger partial charge >= 0.3 is 6.16 Å². The number of anilines is 2. The van der Waals surface area contributed by atoms with Gasteiger partial charge < -0.3 is 19.1 Å². The van der Waals surface area contributed by atoms with Crippen molar-refractivity contribution >= 4 is 44.9 Å². The SMILES string of the molecule is COC(=O)OCN1C(=O)CC(C)(C)c2ccc(OCCCCN3CCN(c4cccc5sccc45)CC3)cc21. The van der Waals surface area contributed by atoms with Crippen LogP contribution in [0.5, 0.6) is 5.75 Å². The fraction of sp³-hybridized carbons (Fsp3) is 0.467. The smallest absolute Gasteiger partial charge is 0.494 e. The Morgan fingerprint density at radius 1 is 1.03 bits per heavy atom. The summed E-state index contributed by atoms with van der Waals surface area (Å²) in [6, 6.07) is 14.7. The summed E-state index contributed by atoms with van der Waals surface area (Å²) in [7, 11) is 1.25. The highest BCUT2D eigenvalue weighted by Gasteiger charge is 2.37. The van der Waals surface area contributed by atoms with Crippen LogP contribution in [-0.4, -0.2) is 70.1 Å². The van der Waals surface area contributed by atoms with Crippen LogP contribution in [0.4, 0.5) is 16.2 Å². The van der Waals surface area contributed by atoms with Crippen molar-refractivity contribution in [2.75, 3.05) is 63.0 Å². The fourth-order valence-corrected chi connectivity index (χ4v) is 6.32. The first-order chi connectivity index (χ1) is 18.9. The number of amides is 1. The number of carbonyl (C=O) groups is 2. The minimum atomic E-state index is -0.817. The highest BCUT2D eigenvalue weighted by atomic mass is 32.1. The van der Waals surface area contributed by atoms with E-state index >= 15 is 0 Å². The summed E-state index contributed by atoms with van der Waals surface area (Å²) < 4.78 is 17.1. The Bertz CT molecular complexity index is 1310. The van der Waals surface area contributed by atoms with Crippen molar-refractivity contribution in [3.05, 3.63) is 53.4 Å². The van der Waals surface area contributed by atoms with E-state index in [4.69, 9.17) is 9.47 Å². The number of thiophene rings is 1. The minimum absolute atomic E-state index is 0.0966. The molecule has 2 aromatic carbocycles. The van der Waals surface area contributed by atoms with Gasteiger partial charge in [-0.15, -0.1) is 11.3 Å². The number of carbonyl (C=O) groups excluding carboxylic acids is 2. The van der Waals surface area contributed by atoms with Gasteiger partial charge in [-0.05, 0) is 54.6 Å². The second kappa shape index (κ2) is 11.8. The standard InChI is InChI=1S/C30H37N3O5S/c1-30(2)20-28(34)33(21-38-29(35)36-3)26-19-22(9-10-24(26)30)37-17-5-4-12-31-13-15-32(16-14-31)25-7-6-8-27-23(25)11-18-39-27/h6-11,18-19H,4-5,12-17,20-21H2,1-3H3. The number of ether oxygens (including phenoxy) is 3. The molecule has 2 aliphatic heterocycles. The largest absolute Gasteiger partial charge is 0.509 e. The maximum absolute atomic E-state index is 12.8. The van der Waals surface area contributed by atoms with E-state index in [9.17, 15) is 9.59 Å². The second-order valence-corrected chi connectivity index (χ2v) is 11.7. The molecule has 3 aromatic rings. The second-order valence-electron chi connectivity index (χ2n) is 10.8. The number of nitrogens with zero attached hydrogens (tertiary/aromatic N) is 3. The molecule has 2 aliphatic rings. The van der Waals surface area contributed by atoms with Crippen LogP contribution < -0.4 is 14.5 Å². The van der Waals surface area contributed by atoms with Crippen molar-refractivity contribution in [1.29, 1.82) is 0 Å². The molecule has 1 saturated heterocycles. The summed E-state index contributed by atoms with van der Waals surface area (Å²) in [6.07, 6.45) is 1.53. The van der Waals surface area contributed by atoms with Crippen LogP contribution in [0.1, 0.15) is 38.7 Å². The van der Waals surface area contributed by atoms with Crippen LogP contribution in [0, 0.1) is 0 Å². The summed E-state index contributed by atoms with van der Waals surface area (Å²) in [5.74, 6) is 0.610. The lowest BCUT2D eigenvalue weighted by molar-refractivity contribution is -0.121. The zero-order chi connectivity index (χ0) is 27.4. The van der Waals surface area contributed by atoms with Crippen molar-refractivity contribution < 1.29 is 23.8 Å². The first kappa shape index (κ1) is 27.3. The predicted molar refractivity (Wildman–Crippen MR) is 155 cm³/mol. The molecule has 1 aromatic heterocycles. The Labute approximate surface area is 234 Å². The fourth-order valence-electron chi connectivity index (χ4n) is 5.51. The molecule has 0 atom stereocenters. The first-order valence-electron chi connectivity index (χ1n) is 13.6. The molecule has 0 saturated carbocycles. The Morgan fingerprint density at radius 3 is 2.64 bits per heavy atom. The molecule has 0 radical (unpaired) electrons. The number of fused-ring (bicyclic) bond motifs is 2. The van der Waals surface area contributed by atoms with Crippen LogP contribution >= 0.6 is 11.3 Å². The number of hydrogen-bond acceptors (Lipinski definition) is 8. The molecule has 3 heterocycles. The number of rotatable bonds is 9. The van der Waals surface area contributed by atoms with Gasteiger partial charge in [0, 0.05) is 59.9 Å². The zero-order valence-corrected chi connectivity index (χ0v) is 23.8. The molecule has 0 unspecified atom stereocenters. The molecule has 1 fully saturated rings. The van der Waals surface area contributed by atoms with Gasteiger partial charge in [-0.2, -0.15) is 0 Å². The minimum Gasteiger partial charge on any atom is -0.494 e. The van der Waals surface area contributed by atoms with Gasteiger partial charge in [-0.3, -0.25) is 14.6 Å². The first-order valence-corrected chi connectivity index (χ1v) is 14.5. The highest BCUT2D eigenvalue weighted by molar-refractivity contribution is 7.17. The summed E-state index contributed by atoms with van der Waals surface area (Å²) >= 11 is 1.80. The molecule has 9 heteroatoms. The van der Waals surface area contributed by atoms with E-state index in [-0.39, 0.29) is 18.1 Å². The third-order valence-electron chi connectivity index (χ3n) is 7.68. The monoisotopic (exact) mass is 551 g/mol. The Morgan fingerprint density at radius 2 is 1.85 bits per heavy atom. The molecular formula is C30H37N3O5S.